The molecule has 4 nitrogen and oxygen atoms in total. The molecular formula is C18H23N3O. The summed E-state index contributed by atoms with van der Waals surface area (Å²) in [6, 6.07) is 8.59. The summed E-state index contributed by atoms with van der Waals surface area (Å²) < 4.78 is 0. The van der Waals surface area contributed by atoms with Crippen LogP contribution in [0.15, 0.2) is 36.7 Å². The fraction of sp³-hybridized carbons (Fsp3) is 0.444. The summed E-state index contributed by atoms with van der Waals surface area (Å²) in [5.74, 6) is 1.30. The summed E-state index contributed by atoms with van der Waals surface area (Å²) in [4.78, 5) is 11.1. The molecule has 0 unspecified atom stereocenters. The van der Waals surface area contributed by atoms with Gasteiger partial charge in [-0.3, -0.25) is 0 Å². The molecule has 0 radical (unpaired) electrons. The van der Waals surface area contributed by atoms with E-state index >= 15 is 0 Å². The number of hydrogen-bond donors (Lipinski definition) is 1. The molecule has 4 heteroatoms. The van der Waals surface area contributed by atoms with E-state index in [1.807, 2.05) is 12.4 Å². The molecule has 2 aromatic rings. The Bertz CT molecular complexity index is 599. The molecule has 1 aromatic heterocycles. The van der Waals surface area contributed by atoms with Crippen molar-refractivity contribution in [3.63, 3.8) is 0 Å². The molecule has 2 heterocycles. The number of rotatable bonds is 3. The largest absolute Gasteiger partial charge is 0.393 e. The third-order valence-corrected chi connectivity index (χ3v) is 4.30. The van der Waals surface area contributed by atoms with Gasteiger partial charge in [0.1, 0.15) is 0 Å². The summed E-state index contributed by atoms with van der Waals surface area (Å²) >= 11 is 0. The average molecular weight is 297 g/mol. The van der Waals surface area contributed by atoms with E-state index in [9.17, 15) is 5.11 Å². The minimum atomic E-state index is -0.171. The number of aliphatic hydroxyl groups is 1. The highest BCUT2D eigenvalue weighted by atomic mass is 16.3. The van der Waals surface area contributed by atoms with Crippen LogP contribution in [0, 0.1) is 0 Å². The molecule has 0 saturated carbocycles. The summed E-state index contributed by atoms with van der Waals surface area (Å²) in [6.07, 6.45) is 5.19. The van der Waals surface area contributed by atoms with Gasteiger partial charge in [0.05, 0.1) is 6.10 Å². The van der Waals surface area contributed by atoms with E-state index in [0.29, 0.717) is 5.92 Å². The Morgan fingerprint density at radius 2 is 1.59 bits per heavy atom. The van der Waals surface area contributed by atoms with Crippen molar-refractivity contribution in [3.05, 3.63) is 42.2 Å². The molecule has 0 spiro atoms. The van der Waals surface area contributed by atoms with E-state index in [2.05, 4.69) is 53.0 Å². The number of hydrogen-bond acceptors (Lipinski definition) is 4. The quantitative estimate of drug-likeness (QED) is 0.945. The molecule has 1 aromatic carbocycles. The Morgan fingerprint density at radius 1 is 1.00 bits per heavy atom. The highest BCUT2D eigenvalue weighted by Gasteiger charge is 2.18. The lowest BCUT2D eigenvalue weighted by molar-refractivity contribution is 0.145. The van der Waals surface area contributed by atoms with Crippen LogP contribution in [0.3, 0.4) is 0 Å². The lowest BCUT2D eigenvalue weighted by Crippen LogP contribution is -2.36. The van der Waals surface area contributed by atoms with Gasteiger partial charge in [0.25, 0.3) is 0 Å². The van der Waals surface area contributed by atoms with Crippen molar-refractivity contribution < 1.29 is 5.11 Å². The van der Waals surface area contributed by atoms with Crippen LogP contribution in [0.25, 0.3) is 11.1 Å². The van der Waals surface area contributed by atoms with Crippen LogP contribution < -0.4 is 4.90 Å². The van der Waals surface area contributed by atoms with E-state index in [0.717, 1.165) is 43.0 Å². The van der Waals surface area contributed by atoms with Crippen molar-refractivity contribution in [1.29, 1.82) is 0 Å². The Balaban J connectivity index is 1.73. The monoisotopic (exact) mass is 297 g/mol. The van der Waals surface area contributed by atoms with Crippen molar-refractivity contribution >= 4 is 5.95 Å². The van der Waals surface area contributed by atoms with Gasteiger partial charge in [-0.2, -0.15) is 0 Å². The van der Waals surface area contributed by atoms with Gasteiger partial charge in [-0.25, -0.2) is 9.97 Å². The number of piperidine rings is 1. The molecule has 1 saturated heterocycles. The summed E-state index contributed by atoms with van der Waals surface area (Å²) in [7, 11) is 0. The minimum Gasteiger partial charge on any atom is -0.393 e. The second-order valence-corrected chi connectivity index (χ2v) is 6.27. The van der Waals surface area contributed by atoms with Gasteiger partial charge in [-0.1, -0.05) is 38.1 Å². The topological polar surface area (TPSA) is 49.2 Å². The van der Waals surface area contributed by atoms with Gasteiger partial charge in [0.2, 0.25) is 5.95 Å². The van der Waals surface area contributed by atoms with Crippen molar-refractivity contribution in [1.82, 2.24) is 9.97 Å². The molecule has 0 bridgehead atoms. The fourth-order valence-corrected chi connectivity index (χ4v) is 2.76. The minimum absolute atomic E-state index is 0.171. The van der Waals surface area contributed by atoms with Crippen molar-refractivity contribution in [2.45, 2.75) is 38.7 Å². The molecule has 1 fully saturated rings. The average Bonchev–Trinajstić information content (AvgIpc) is 2.56. The Kier molecular flexibility index (Phi) is 4.39. The first kappa shape index (κ1) is 15.0. The Hall–Kier alpha value is -1.94. The smallest absolute Gasteiger partial charge is 0.225 e. The normalized spacial score (nSPS) is 16.3. The van der Waals surface area contributed by atoms with Crippen LogP contribution in [0.2, 0.25) is 0 Å². The second-order valence-electron chi connectivity index (χ2n) is 6.27. The maximum absolute atomic E-state index is 9.56. The third-order valence-electron chi connectivity index (χ3n) is 4.30. The fourth-order valence-electron chi connectivity index (χ4n) is 2.76. The van der Waals surface area contributed by atoms with E-state index in [1.165, 1.54) is 5.56 Å². The Labute approximate surface area is 131 Å². The van der Waals surface area contributed by atoms with Gasteiger partial charge < -0.3 is 10.0 Å². The van der Waals surface area contributed by atoms with Crippen molar-refractivity contribution in [2.75, 3.05) is 18.0 Å². The van der Waals surface area contributed by atoms with Crippen molar-refractivity contribution in [2.24, 2.45) is 0 Å². The van der Waals surface area contributed by atoms with Gasteiger partial charge in [-0.15, -0.1) is 0 Å². The second kappa shape index (κ2) is 6.44. The van der Waals surface area contributed by atoms with E-state index < -0.39 is 0 Å². The zero-order chi connectivity index (χ0) is 15.5. The van der Waals surface area contributed by atoms with Gasteiger partial charge in [0, 0.05) is 31.0 Å². The van der Waals surface area contributed by atoms with Gasteiger partial charge in [0.15, 0.2) is 0 Å². The summed E-state index contributed by atoms with van der Waals surface area (Å²) in [5, 5.41) is 9.56. The van der Waals surface area contributed by atoms with Crippen LogP contribution in [-0.4, -0.2) is 34.3 Å². The van der Waals surface area contributed by atoms with Crippen LogP contribution in [0.4, 0.5) is 5.95 Å². The predicted molar refractivity (Wildman–Crippen MR) is 89.0 cm³/mol. The standard InChI is InChI=1S/C18H23N3O/c1-13(2)14-3-5-15(6-4-14)16-11-19-18(20-12-16)21-9-7-17(22)8-10-21/h3-6,11-13,17,22H,7-10H2,1-2H3. The lowest BCUT2D eigenvalue weighted by atomic mass is 10.00. The number of benzene rings is 1. The van der Waals surface area contributed by atoms with Crippen molar-refractivity contribution in [3.8, 4) is 11.1 Å². The zero-order valence-electron chi connectivity index (χ0n) is 13.2. The van der Waals surface area contributed by atoms with Crippen LogP contribution >= 0.6 is 0 Å². The number of anilines is 1. The molecule has 0 atom stereocenters. The summed E-state index contributed by atoms with van der Waals surface area (Å²) in [6.45, 7) is 6.04. The van der Waals surface area contributed by atoms with Gasteiger partial charge in [-0.05, 0) is 29.9 Å². The van der Waals surface area contributed by atoms with Gasteiger partial charge >= 0.3 is 0 Å². The van der Waals surface area contributed by atoms with E-state index in [4.69, 9.17) is 0 Å². The molecule has 22 heavy (non-hydrogen) atoms. The van der Waals surface area contributed by atoms with E-state index in [1.54, 1.807) is 0 Å². The third kappa shape index (κ3) is 3.28. The molecule has 1 aliphatic rings. The Morgan fingerprint density at radius 3 is 2.14 bits per heavy atom. The molecule has 0 aliphatic carbocycles. The molecule has 1 N–H and O–H groups in total. The van der Waals surface area contributed by atoms with E-state index in [-0.39, 0.29) is 6.10 Å². The lowest BCUT2D eigenvalue weighted by Gasteiger charge is -2.29. The molecule has 0 amide bonds. The first-order chi connectivity index (χ1) is 10.6. The van der Waals surface area contributed by atoms with Crippen LogP contribution in [-0.2, 0) is 0 Å². The first-order valence-corrected chi connectivity index (χ1v) is 7.99. The molecule has 116 valence electrons. The number of aliphatic hydroxyl groups excluding tert-OH is 1. The summed E-state index contributed by atoms with van der Waals surface area (Å²) in [5.41, 5.74) is 3.52. The highest BCUT2D eigenvalue weighted by molar-refractivity contribution is 5.62. The number of aromatic nitrogens is 2. The van der Waals surface area contributed by atoms with Crippen LogP contribution in [0.5, 0.6) is 0 Å². The zero-order valence-corrected chi connectivity index (χ0v) is 13.2. The maximum Gasteiger partial charge on any atom is 0.225 e. The SMILES string of the molecule is CC(C)c1ccc(-c2cnc(N3CCC(O)CC3)nc2)cc1. The maximum atomic E-state index is 9.56. The molecular weight excluding hydrogens is 274 g/mol. The molecule has 3 rings (SSSR count). The number of nitrogens with zero attached hydrogens (tertiary/aromatic N) is 3. The van der Waals surface area contributed by atoms with Crippen LogP contribution in [0.1, 0.15) is 38.2 Å². The molecule has 1 aliphatic heterocycles. The highest BCUT2D eigenvalue weighted by Crippen LogP contribution is 2.23. The first-order valence-electron chi connectivity index (χ1n) is 7.99. The predicted octanol–water partition coefficient (Wildman–Crippen LogP) is 3.23.